The first-order valence-corrected chi connectivity index (χ1v) is 11.9. The summed E-state index contributed by atoms with van der Waals surface area (Å²) >= 11 is 1.43. The van der Waals surface area contributed by atoms with E-state index in [4.69, 9.17) is 4.74 Å². The molecule has 0 saturated carbocycles. The van der Waals surface area contributed by atoms with Gasteiger partial charge in [0.2, 0.25) is 5.91 Å². The molecule has 0 saturated heterocycles. The Kier molecular flexibility index (Phi) is 6.99. The number of aromatic nitrogens is 3. The Morgan fingerprint density at radius 3 is 2.58 bits per heavy atom. The molecule has 0 radical (unpaired) electrons. The number of amides is 1. The molecule has 0 bridgehead atoms. The van der Waals surface area contributed by atoms with Gasteiger partial charge in [-0.2, -0.15) is 0 Å². The predicted octanol–water partition coefficient (Wildman–Crippen LogP) is 5.19. The van der Waals surface area contributed by atoms with E-state index in [1.54, 1.807) is 12.0 Å². The maximum atomic E-state index is 12.8. The molecule has 1 amide bonds. The molecule has 170 valence electrons. The molecule has 7 heteroatoms. The van der Waals surface area contributed by atoms with Crippen molar-refractivity contribution in [3.05, 3.63) is 71.8 Å². The van der Waals surface area contributed by atoms with E-state index in [2.05, 4.69) is 58.9 Å². The summed E-state index contributed by atoms with van der Waals surface area (Å²) < 4.78 is 7.36. The van der Waals surface area contributed by atoms with Gasteiger partial charge in [-0.15, -0.1) is 10.2 Å². The van der Waals surface area contributed by atoms with Crippen molar-refractivity contribution in [3.8, 4) is 17.1 Å². The smallest absolute Gasteiger partial charge is 0.233 e. The highest BCUT2D eigenvalue weighted by atomic mass is 32.2. The minimum absolute atomic E-state index is 0.0536. The molecule has 0 aliphatic rings. The van der Waals surface area contributed by atoms with Crippen LogP contribution in [0.2, 0.25) is 0 Å². The van der Waals surface area contributed by atoms with Crippen molar-refractivity contribution in [1.29, 1.82) is 0 Å². The Bertz CT molecular complexity index is 1280. The van der Waals surface area contributed by atoms with Crippen LogP contribution in [0.25, 0.3) is 22.2 Å². The maximum Gasteiger partial charge on any atom is 0.233 e. The van der Waals surface area contributed by atoms with Crippen molar-refractivity contribution < 1.29 is 9.53 Å². The number of hydrogen-bond donors (Lipinski definition) is 0. The fourth-order valence-electron chi connectivity index (χ4n) is 3.80. The largest absolute Gasteiger partial charge is 0.497 e. The summed E-state index contributed by atoms with van der Waals surface area (Å²) in [4.78, 5) is 14.6. The lowest BCUT2D eigenvalue weighted by atomic mass is 10.1. The number of ether oxygens (including phenoxy) is 1. The lowest BCUT2D eigenvalue weighted by molar-refractivity contribution is -0.127. The van der Waals surface area contributed by atoms with Gasteiger partial charge in [-0.25, -0.2) is 0 Å². The molecular weight excluding hydrogens is 432 g/mol. The zero-order chi connectivity index (χ0) is 23.4. The van der Waals surface area contributed by atoms with E-state index in [0.717, 1.165) is 50.7 Å². The average molecular weight is 461 g/mol. The monoisotopic (exact) mass is 460 g/mol. The topological polar surface area (TPSA) is 60.2 Å². The first-order valence-electron chi connectivity index (χ1n) is 10.9. The fourth-order valence-corrected chi connectivity index (χ4v) is 4.74. The zero-order valence-corrected chi connectivity index (χ0v) is 20.2. The number of rotatable bonds is 8. The first kappa shape index (κ1) is 22.9. The third-order valence-corrected chi connectivity index (χ3v) is 6.65. The van der Waals surface area contributed by atoms with Crippen molar-refractivity contribution in [2.45, 2.75) is 32.1 Å². The maximum absolute atomic E-state index is 12.8. The van der Waals surface area contributed by atoms with Gasteiger partial charge in [0.15, 0.2) is 11.0 Å². The molecule has 4 rings (SSSR count). The summed E-state index contributed by atoms with van der Waals surface area (Å²) in [6.45, 7) is 5.43. The van der Waals surface area contributed by atoms with Gasteiger partial charge < -0.3 is 14.2 Å². The second-order valence-electron chi connectivity index (χ2n) is 7.95. The summed E-state index contributed by atoms with van der Waals surface area (Å²) in [5.41, 5.74) is 3.31. The van der Waals surface area contributed by atoms with Gasteiger partial charge in [0.05, 0.1) is 12.9 Å². The molecular formula is C26H28N4O2S. The highest BCUT2D eigenvalue weighted by Crippen LogP contribution is 2.27. The Balaban J connectivity index is 1.42. The van der Waals surface area contributed by atoms with Crippen LogP contribution in [-0.4, -0.2) is 45.5 Å². The van der Waals surface area contributed by atoms with Gasteiger partial charge >= 0.3 is 0 Å². The molecule has 0 N–H and O–H groups in total. The molecule has 0 aliphatic carbocycles. The minimum Gasteiger partial charge on any atom is -0.497 e. The van der Waals surface area contributed by atoms with E-state index >= 15 is 0 Å². The second-order valence-corrected chi connectivity index (χ2v) is 8.89. The molecule has 0 fully saturated rings. The summed E-state index contributed by atoms with van der Waals surface area (Å²) in [7, 11) is 3.51. The SMILES string of the molecule is CCn1c(SCC(=O)N(C)Cc2ccc3cc(OC)ccc3c2)nnc1-c1ccccc1C. The molecule has 0 atom stereocenters. The summed E-state index contributed by atoms with van der Waals surface area (Å²) in [6.07, 6.45) is 0. The number of fused-ring (bicyclic) bond motifs is 1. The molecule has 0 aliphatic heterocycles. The number of hydrogen-bond acceptors (Lipinski definition) is 5. The molecule has 6 nitrogen and oxygen atoms in total. The van der Waals surface area contributed by atoms with Gasteiger partial charge in [-0.1, -0.05) is 54.2 Å². The van der Waals surface area contributed by atoms with Gasteiger partial charge in [-0.3, -0.25) is 4.79 Å². The number of nitrogens with zero attached hydrogens (tertiary/aromatic N) is 4. The van der Waals surface area contributed by atoms with Crippen LogP contribution in [0, 0.1) is 6.92 Å². The van der Waals surface area contributed by atoms with E-state index in [1.807, 2.05) is 37.4 Å². The zero-order valence-electron chi connectivity index (χ0n) is 19.4. The van der Waals surface area contributed by atoms with Gasteiger partial charge in [0.1, 0.15) is 5.75 Å². The van der Waals surface area contributed by atoms with Crippen LogP contribution in [0.1, 0.15) is 18.1 Å². The van der Waals surface area contributed by atoms with Crippen LogP contribution >= 0.6 is 11.8 Å². The molecule has 4 aromatic rings. The minimum atomic E-state index is 0.0536. The van der Waals surface area contributed by atoms with E-state index in [-0.39, 0.29) is 5.91 Å². The molecule has 1 aromatic heterocycles. The number of methoxy groups -OCH3 is 1. The molecule has 33 heavy (non-hydrogen) atoms. The standard InChI is InChI=1S/C26H28N4O2S/c1-5-30-25(23-9-7-6-8-18(23)2)27-28-26(30)33-17-24(31)29(3)16-19-10-11-21-15-22(32-4)13-12-20(21)14-19/h6-15H,5,16-17H2,1-4H3. The Hall–Kier alpha value is -3.32. The molecule has 0 unspecified atom stereocenters. The Labute approximate surface area is 198 Å². The number of carbonyl (C=O) groups is 1. The summed E-state index contributed by atoms with van der Waals surface area (Å²) in [6, 6.07) is 20.4. The average Bonchev–Trinajstić information content (AvgIpc) is 3.25. The molecule has 1 heterocycles. The van der Waals surface area contributed by atoms with E-state index in [9.17, 15) is 4.79 Å². The van der Waals surface area contributed by atoms with Crippen LogP contribution in [-0.2, 0) is 17.9 Å². The van der Waals surface area contributed by atoms with E-state index in [1.165, 1.54) is 11.8 Å². The lowest BCUT2D eigenvalue weighted by Gasteiger charge is -2.17. The summed E-state index contributed by atoms with van der Waals surface area (Å²) in [5.74, 6) is 2.04. The van der Waals surface area contributed by atoms with Crippen molar-refractivity contribution in [3.63, 3.8) is 0 Å². The van der Waals surface area contributed by atoms with Crippen molar-refractivity contribution in [2.24, 2.45) is 0 Å². The number of aryl methyl sites for hydroxylation is 1. The Morgan fingerprint density at radius 1 is 1.06 bits per heavy atom. The molecule has 3 aromatic carbocycles. The Morgan fingerprint density at radius 2 is 1.82 bits per heavy atom. The second kappa shape index (κ2) is 10.1. The quantitative estimate of drug-likeness (QED) is 0.339. The fraction of sp³-hybridized carbons (Fsp3) is 0.269. The van der Waals surface area contributed by atoms with Crippen LogP contribution < -0.4 is 4.74 Å². The highest BCUT2D eigenvalue weighted by Gasteiger charge is 2.17. The third-order valence-electron chi connectivity index (χ3n) is 5.70. The van der Waals surface area contributed by atoms with Crippen LogP contribution in [0.3, 0.4) is 0 Å². The summed E-state index contributed by atoms with van der Waals surface area (Å²) in [5, 5.41) is 11.8. The van der Waals surface area contributed by atoms with Crippen molar-refractivity contribution >= 4 is 28.4 Å². The van der Waals surface area contributed by atoms with E-state index in [0.29, 0.717) is 12.3 Å². The van der Waals surface area contributed by atoms with Gasteiger partial charge in [0, 0.05) is 25.7 Å². The number of benzene rings is 3. The normalized spacial score (nSPS) is 11.0. The third kappa shape index (κ3) is 5.03. The van der Waals surface area contributed by atoms with Crippen molar-refractivity contribution in [1.82, 2.24) is 19.7 Å². The van der Waals surface area contributed by atoms with E-state index < -0.39 is 0 Å². The van der Waals surface area contributed by atoms with Crippen molar-refractivity contribution in [2.75, 3.05) is 19.9 Å². The highest BCUT2D eigenvalue weighted by molar-refractivity contribution is 7.99. The number of thioether (sulfide) groups is 1. The van der Waals surface area contributed by atoms with Gasteiger partial charge in [-0.05, 0) is 53.9 Å². The van der Waals surface area contributed by atoms with Crippen LogP contribution in [0.15, 0.2) is 65.8 Å². The lowest BCUT2D eigenvalue weighted by Crippen LogP contribution is -2.27. The number of carbonyl (C=O) groups excluding carboxylic acids is 1. The molecule has 0 spiro atoms. The van der Waals surface area contributed by atoms with Crippen LogP contribution in [0.4, 0.5) is 0 Å². The predicted molar refractivity (Wildman–Crippen MR) is 134 cm³/mol. The first-order chi connectivity index (χ1) is 16.0. The van der Waals surface area contributed by atoms with Gasteiger partial charge in [0.25, 0.3) is 0 Å². The van der Waals surface area contributed by atoms with Crippen LogP contribution in [0.5, 0.6) is 5.75 Å².